The molecule has 13 rings (SSSR count). The molecule has 0 fully saturated rings. The van der Waals surface area contributed by atoms with E-state index in [0.29, 0.717) is 0 Å². The maximum Gasteiger partial charge on any atom is 0.0155 e. The zero-order valence-corrected chi connectivity index (χ0v) is 45.5. The van der Waals surface area contributed by atoms with Crippen LogP contribution in [0.3, 0.4) is 0 Å². The molecular formula is C74H68. The smallest absolute Gasteiger partial charge is 0.0155 e. The Bertz CT molecular complexity index is 3910. The van der Waals surface area contributed by atoms with Gasteiger partial charge >= 0.3 is 0 Å². The second kappa shape index (κ2) is 16.1. The van der Waals surface area contributed by atoms with E-state index in [4.69, 9.17) is 0 Å². The molecule has 0 aliphatic heterocycles. The summed E-state index contributed by atoms with van der Waals surface area (Å²) >= 11 is 0. The first-order valence-electron chi connectivity index (χ1n) is 27.2. The molecule has 364 valence electrons. The summed E-state index contributed by atoms with van der Waals surface area (Å²) in [6.45, 7) is 28.3. The van der Waals surface area contributed by atoms with E-state index < -0.39 is 0 Å². The van der Waals surface area contributed by atoms with Crippen molar-refractivity contribution in [3.63, 3.8) is 0 Å². The lowest BCUT2D eigenvalue weighted by Gasteiger charge is -2.29. The highest BCUT2D eigenvalue weighted by Gasteiger charge is 2.42. The predicted molar refractivity (Wildman–Crippen MR) is 319 cm³/mol. The Morgan fingerprint density at radius 1 is 0.284 bits per heavy atom. The Hall–Kier alpha value is -7.28. The topological polar surface area (TPSA) is 0 Å². The number of hydrogen-bond acceptors (Lipinski definition) is 0. The van der Waals surface area contributed by atoms with Gasteiger partial charge in [-0.05, 0) is 184 Å². The van der Waals surface area contributed by atoms with Gasteiger partial charge in [0.15, 0.2) is 0 Å². The molecule has 3 aliphatic carbocycles. The van der Waals surface area contributed by atoms with Gasteiger partial charge in [-0.2, -0.15) is 0 Å². The lowest BCUT2D eigenvalue weighted by molar-refractivity contribution is 0.568. The van der Waals surface area contributed by atoms with Crippen LogP contribution in [0.1, 0.15) is 128 Å². The number of rotatable bonds is 4. The quantitative estimate of drug-likeness (QED) is 0.165. The van der Waals surface area contributed by atoms with Crippen LogP contribution in [-0.2, 0) is 28.1 Å². The van der Waals surface area contributed by atoms with E-state index in [2.05, 4.69) is 259 Å². The van der Waals surface area contributed by atoms with E-state index in [1.807, 2.05) is 0 Å². The van der Waals surface area contributed by atoms with Crippen molar-refractivity contribution in [1.82, 2.24) is 0 Å². The Morgan fingerprint density at radius 3 is 1.24 bits per heavy atom. The van der Waals surface area contributed by atoms with Crippen molar-refractivity contribution in [2.24, 2.45) is 0 Å². The van der Waals surface area contributed by atoms with Gasteiger partial charge in [0, 0.05) is 5.92 Å². The van der Waals surface area contributed by atoms with E-state index >= 15 is 0 Å². The summed E-state index contributed by atoms with van der Waals surface area (Å²) in [4.78, 5) is 0. The van der Waals surface area contributed by atoms with Gasteiger partial charge in [-0.3, -0.25) is 0 Å². The first kappa shape index (κ1) is 46.5. The third-order valence-corrected chi connectivity index (χ3v) is 17.1. The Kier molecular flexibility index (Phi) is 10.1. The summed E-state index contributed by atoms with van der Waals surface area (Å²) in [5.74, 6) is 0.185. The summed E-state index contributed by atoms with van der Waals surface area (Å²) < 4.78 is 0. The minimum absolute atomic E-state index is 0.0151. The van der Waals surface area contributed by atoms with Crippen LogP contribution in [-0.4, -0.2) is 0 Å². The third-order valence-electron chi connectivity index (χ3n) is 17.1. The molecule has 1 atom stereocenters. The van der Waals surface area contributed by atoms with E-state index in [0.717, 1.165) is 6.42 Å². The zero-order valence-electron chi connectivity index (χ0n) is 45.5. The van der Waals surface area contributed by atoms with Crippen molar-refractivity contribution in [2.75, 3.05) is 0 Å². The van der Waals surface area contributed by atoms with Gasteiger partial charge in [0.1, 0.15) is 0 Å². The van der Waals surface area contributed by atoms with Crippen LogP contribution in [0.2, 0.25) is 0 Å². The largest absolute Gasteiger partial charge is 0.0622 e. The first-order chi connectivity index (χ1) is 35.3. The molecule has 0 saturated heterocycles. The molecule has 0 N–H and O–H groups in total. The van der Waals surface area contributed by atoms with Gasteiger partial charge in [-0.15, -0.1) is 0 Å². The molecule has 0 radical (unpaired) electrons. The van der Waals surface area contributed by atoms with Gasteiger partial charge in [-0.1, -0.05) is 253 Å². The second-order valence-corrected chi connectivity index (χ2v) is 26.0. The SMILES string of the molecule is CC(C)(C)c1cc(-c2ccc(-c3cc(C(C)(C)C)cc(C(C)(C)C)c3)c3c2-c2cccc4c5c(cc-3c24)-c2cccc3c2C(C5)c2c-3c(-c3ccccc3)c3ccccc3c2-c2ccccc2)cc(C(C)(C)C)c1. The van der Waals surface area contributed by atoms with Crippen molar-refractivity contribution in [1.29, 1.82) is 0 Å². The lowest BCUT2D eigenvalue weighted by atomic mass is 9.74. The van der Waals surface area contributed by atoms with Crippen molar-refractivity contribution in [2.45, 2.75) is 117 Å². The normalized spacial score (nSPS) is 14.6. The summed E-state index contributed by atoms with van der Waals surface area (Å²) in [7, 11) is 0. The molecule has 10 aromatic rings. The van der Waals surface area contributed by atoms with Crippen molar-refractivity contribution in [3.8, 4) is 89.0 Å². The molecule has 0 saturated carbocycles. The van der Waals surface area contributed by atoms with E-state index in [9.17, 15) is 0 Å². The highest BCUT2D eigenvalue weighted by molar-refractivity contribution is 6.24. The van der Waals surface area contributed by atoms with E-state index in [-0.39, 0.29) is 27.6 Å². The molecule has 0 heteroatoms. The number of hydrogen-bond donors (Lipinski definition) is 0. The molecule has 0 aromatic heterocycles. The maximum atomic E-state index is 2.65. The molecule has 0 spiro atoms. The van der Waals surface area contributed by atoms with Gasteiger partial charge in [-0.25, -0.2) is 0 Å². The van der Waals surface area contributed by atoms with Crippen LogP contribution in [0.4, 0.5) is 0 Å². The van der Waals surface area contributed by atoms with Crippen LogP contribution in [0, 0.1) is 0 Å². The third kappa shape index (κ3) is 7.08. The minimum Gasteiger partial charge on any atom is -0.0622 e. The Morgan fingerprint density at radius 2 is 0.716 bits per heavy atom. The molecule has 3 aliphatic rings. The van der Waals surface area contributed by atoms with Gasteiger partial charge in [0.05, 0.1) is 0 Å². The average Bonchev–Trinajstić information content (AvgIpc) is 3.97. The molecule has 1 unspecified atom stereocenters. The van der Waals surface area contributed by atoms with Crippen LogP contribution in [0.25, 0.3) is 111 Å². The summed E-state index contributed by atoms with van der Waals surface area (Å²) in [5, 5.41) is 5.41. The molecule has 0 nitrogen and oxygen atoms in total. The molecule has 0 amide bonds. The minimum atomic E-state index is -0.0215. The van der Waals surface area contributed by atoms with Crippen LogP contribution in [0.5, 0.6) is 0 Å². The van der Waals surface area contributed by atoms with E-state index in [1.54, 1.807) is 0 Å². The fourth-order valence-electron chi connectivity index (χ4n) is 13.2. The first-order valence-corrected chi connectivity index (χ1v) is 27.2. The molecular weight excluding hydrogens is 889 g/mol. The van der Waals surface area contributed by atoms with E-state index in [1.165, 1.54) is 150 Å². The monoisotopic (exact) mass is 957 g/mol. The highest BCUT2D eigenvalue weighted by atomic mass is 14.4. The standard InChI is InChI=1S/C74H68/c1-71(2,3)47-35-45(36-48(39-47)72(4,5)6)51-33-34-52(46-37-49(73(7,8)9)40-50(38-46)74(10,11)12)68-61-41-59-56-30-22-32-58-66(56)62(42-60(59)55-29-21-31-57(65(55)61)67(51)68)70-64(44-25-17-14-18-26-44)54-28-20-19-27-53(54)63(69(58)70)43-23-15-13-16-24-43/h13-41,62H,42H2,1-12H3. The molecule has 0 bridgehead atoms. The fourth-order valence-corrected chi connectivity index (χ4v) is 13.2. The molecule has 0 heterocycles. The summed E-state index contributed by atoms with van der Waals surface area (Å²) in [6, 6.07) is 68.6. The van der Waals surface area contributed by atoms with Gasteiger partial charge in [0.2, 0.25) is 0 Å². The fraction of sp³-hybridized carbons (Fsp3) is 0.243. The molecule has 74 heavy (non-hydrogen) atoms. The lowest BCUT2D eigenvalue weighted by Crippen LogP contribution is -2.16. The van der Waals surface area contributed by atoms with Crippen LogP contribution < -0.4 is 0 Å². The zero-order chi connectivity index (χ0) is 51.4. The number of benzene rings is 10. The Labute approximate surface area is 440 Å². The number of fused-ring (bicyclic) bond motifs is 10. The Balaban J connectivity index is 1.13. The van der Waals surface area contributed by atoms with Gasteiger partial charge in [0.25, 0.3) is 0 Å². The summed E-state index contributed by atoms with van der Waals surface area (Å²) in [5.41, 5.74) is 31.3. The van der Waals surface area contributed by atoms with Crippen molar-refractivity contribution >= 4 is 21.5 Å². The van der Waals surface area contributed by atoms with Crippen LogP contribution in [0.15, 0.2) is 176 Å². The average molecular weight is 957 g/mol. The molecule has 10 aromatic carbocycles. The highest BCUT2D eigenvalue weighted by Crippen LogP contribution is 2.64. The van der Waals surface area contributed by atoms with Crippen molar-refractivity contribution < 1.29 is 0 Å². The predicted octanol–water partition coefficient (Wildman–Crippen LogP) is 20.8. The van der Waals surface area contributed by atoms with Crippen molar-refractivity contribution in [3.05, 3.63) is 215 Å². The van der Waals surface area contributed by atoms with Crippen LogP contribution >= 0.6 is 0 Å². The summed E-state index contributed by atoms with van der Waals surface area (Å²) in [6.07, 6.45) is 0.931. The maximum absolute atomic E-state index is 2.65. The van der Waals surface area contributed by atoms with Gasteiger partial charge < -0.3 is 0 Å². The second-order valence-electron chi connectivity index (χ2n) is 26.0.